The largest absolute Gasteiger partial charge is 0.445 e. The highest BCUT2D eigenvalue weighted by molar-refractivity contribution is 5.69. The van der Waals surface area contributed by atoms with E-state index in [4.69, 9.17) is 4.74 Å². The van der Waals surface area contributed by atoms with Gasteiger partial charge in [0.1, 0.15) is 12.9 Å². The first-order valence-corrected chi connectivity index (χ1v) is 7.48. The number of hydrogen-bond donors (Lipinski definition) is 1. The monoisotopic (exact) mass is 351 g/mol. The fourth-order valence-electron chi connectivity index (χ4n) is 2.21. The fraction of sp³-hybridized carbons (Fsp3) is 0.222. The van der Waals surface area contributed by atoms with Crippen molar-refractivity contribution < 1.29 is 27.5 Å². The zero-order chi connectivity index (χ0) is 18.3. The van der Waals surface area contributed by atoms with E-state index in [0.717, 1.165) is 17.7 Å². The van der Waals surface area contributed by atoms with Crippen LogP contribution in [-0.4, -0.2) is 12.4 Å². The van der Waals surface area contributed by atoms with Crippen LogP contribution >= 0.6 is 0 Å². The average molecular weight is 351 g/mol. The second-order valence-corrected chi connectivity index (χ2v) is 5.28. The zero-order valence-electron chi connectivity index (χ0n) is 13.1. The average Bonchev–Trinajstić information content (AvgIpc) is 2.60. The fourth-order valence-corrected chi connectivity index (χ4v) is 2.21. The van der Waals surface area contributed by atoms with Gasteiger partial charge in [0, 0.05) is 6.42 Å². The number of ether oxygens (including phenoxy) is 1. The Hall–Kier alpha value is -2.83. The van der Waals surface area contributed by atoms with Crippen LogP contribution in [0, 0.1) is 0 Å². The predicted molar refractivity (Wildman–Crippen MR) is 84.6 cm³/mol. The van der Waals surface area contributed by atoms with E-state index in [1.807, 2.05) is 6.07 Å². The van der Waals surface area contributed by atoms with Crippen LogP contribution in [-0.2, 0) is 22.3 Å². The lowest BCUT2D eigenvalue weighted by Crippen LogP contribution is -2.29. The minimum absolute atomic E-state index is 0.0169. The SMILES string of the molecule is O=CC[C@H](NC(=O)OCc1ccccc1)c1cccc(C(F)(F)F)c1. The standard InChI is InChI=1S/C18H16F3NO3/c19-18(20,21)15-8-4-7-14(11-15)16(9-10-23)22-17(24)25-12-13-5-2-1-3-6-13/h1-8,10-11,16H,9,12H2,(H,22,24)/t16-/m0/s1. The molecule has 25 heavy (non-hydrogen) atoms. The Morgan fingerprint density at radius 1 is 1.12 bits per heavy atom. The minimum Gasteiger partial charge on any atom is -0.445 e. The van der Waals surface area contributed by atoms with Crippen LogP contribution in [0.1, 0.15) is 29.2 Å². The van der Waals surface area contributed by atoms with Gasteiger partial charge in [-0.1, -0.05) is 42.5 Å². The molecule has 1 atom stereocenters. The van der Waals surface area contributed by atoms with Crippen molar-refractivity contribution in [2.75, 3.05) is 0 Å². The Morgan fingerprint density at radius 3 is 2.48 bits per heavy atom. The summed E-state index contributed by atoms with van der Waals surface area (Å²) in [6.45, 7) is 0.0169. The van der Waals surface area contributed by atoms with Gasteiger partial charge in [-0.2, -0.15) is 13.2 Å². The molecular formula is C18H16F3NO3. The topological polar surface area (TPSA) is 55.4 Å². The number of hydrogen-bond acceptors (Lipinski definition) is 3. The molecule has 0 aliphatic carbocycles. The molecule has 0 unspecified atom stereocenters. The molecule has 0 aliphatic rings. The van der Waals surface area contributed by atoms with Crippen molar-refractivity contribution in [1.82, 2.24) is 5.32 Å². The van der Waals surface area contributed by atoms with Gasteiger partial charge in [0.25, 0.3) is 0 Å². The second kappa shape index (κ2) is 8.32. The van der Waals surface area contributed by atoms with Crippen molar-refractivity contribution in [2.24, 2.45) is 0 Å². The van der Waals surface area contributed by atoms with Crippen LogP contribution in [0.3, 0.4) is 0 Å². The molecule has 0 fully saturated rings. The first kappa shape index (κ1) is 18.5. The van der Waals surface area contributed by atoms with Crippen molar-refractivity contribution in [3.63, 3.8) is 0 Å². The summed E-state index contributed by atoms with van der Waals surface area (Å²) in [5.74, 6) is 0. The third kappa shape index (κ3) is 5.63. The van der Waals surface area contributed by atoms with Crippen LogP contribution in [0.5, 0.6) is 0 Å². The summed E-state index contributed by atoms with van der Waals surface area (Å²) in [7, 11) is 0. The third-order valence-corrected chi connectivity index (χ3v) is 3.45. The Bertz CT molecular complexity index is 717. The van der Waals surface area contributed by atoms with Gasteiger partial charge in [-0.25, -0.2) is 4.79 Å². The summed E-state index contributed by atoms with van der Waals surface area (Å²) in [5, 5.41) is 2.42. The highest BCUT2D eigenvalue weighted by Gasteiger charge is 2.31. The van der Waals surface area contributed by atoms with Gasteiger partial charge in [-0.05, 0) is 23.3 Å². The second-order valence-electron chi connectivity index (χ2n) is 5.28. The number of rotatable bonds is 6. The molecule has 2 aromatic rings. The molecule has 0 aromatic heterocycles. The summed E-state index contributed by atoms with van der Waals surface area (Å²) in [6, 6.07) is 12.5. The van der Waals surface area contributed by atoms with Crippen LogP contribution in [0.25, 0.3) is 0 Å². The van der Waals surface area contributed by atoms with Crippen molar-refractivity contribution >= 4 is 12.4 Å². The molecule has 0 aliphatic heterocycles. The number of nitrogens with one attached hydrogen (secondary N) is 1. The van der Waals surface area contributed by atoms with Crippen molar-refractivity contribution in [3.05, 3.63) is 71.3 Å². The third-order valence-electron chi connectivity index (χ3n) is 3.45. The number of carbonyl (C=O) groups excluding carboxylic acids is 2. The number of halogens is 3. The smallest absolute Gasteiger partial charge is 0.416 e. The highest BCUT2D eigenvalue weighted by Crippen LogP contribution is 2.31. The van der Waals surface area contributed by atoms with Crippen LogP contribution in [0.4, 0.5) is 18.0 Å². The van der Waals surface area contributed by atoms with Gasteiger partial charge < -0.3 is 14.8 Å². The van der Waals surface area contributed by atoms with Crippen molar-refractivity contribution in [1.29, 1.82) is 0 Å². The van der Waals surface area contributed by atoms with Gasteiger partial charge in [0.05, 0.1) is 11.6 Å². The van der Waals surface area contributed by atoms with Gasteiger partial charge in [0.15, 0.2) is 0 Å². The van der Waals surface area contributed by atoms with E-state index in [1.165, 1.54) is 12.1 Å². The maximum Gasteiger partial charge on any atom is 0.416 e. The Labute approximate surface area is 142 Å². The van der Waals surface area contributed by atoms with E-state index in [0.29, 0.717) is 6.29 Å². The number of alkyl carbamates (subject to hydrolysis) is 1. The molecule has 2 aromatic carbocycles. The lowest BCUT2D eigenvalue weighted by Gasteiger charge is -2.18. The number of benzene rings is 2. The quantitative estimate of drug-likeness (QED) is 0.791. The van der Waals surface area contributed by atoms with Crippen molar-refractivity contribution in [2.45, 2.75) is 25.2 Å². The van der Waals surface area contributed by atoms with Gasteiger partial charge in [0.2, 0.25) is 0 Å². The summed E-state index contributed by atoms with van der Waals surface area (Å²) < 4.78 is 43.5. The van der Waals surface area contributed by atoms with Gasteiger partial charge in [-0.3, -0.25) is 0 Å². The molecule has 0 heterocycles. The molecule has 0 bridgehead atoms. The van der Waals surface area contributed by atoms with E-state index in [2.05, 4.69) is 5.32 Å². The maximum atomic E-state index is 12.8. The van der Waals surface area contributed by atoms with Gasteiger partial charge >= 0.3 is 12.3 Å². The van der Waals surface area contributed by atoms with E-state index >= 15 is 0 Å². The van der Waals surface area contributed by atoms with Crippen LogP contribution < -0.4 is 5.32 Å². The number of carbonyl (C=O) groups is 2. The first-order chi connectivity index (χ1) is 11.9. The molecular weight excluding hydrogens is 335 g/mol. The van der Waals surface area contributed by atoms with E-state index in [9.17, 15) is 22.8 Å². The summed E-state index contributed by atoms with van der Waals surface area (Å²) in [6.07, 6.45) is -4.95. The Kier molecular flexibility index (Phi) is 6.16. The van der Waals surface area contributed by atoms with Crippen LogP contribution in [0.2, 0.25) is 0 Å². The summed E-state index contributed by atoms with van der Waals surface area (Å²) in [4.78, 5) is 22.7. The number of aldehydes is 1. The molecule has 0 saturated heterocycles. The minimum atomic E-state index is -4.50. The molecule has 0 radical (unpaired) electrons. The van der Waals surface area contributed by atoms with E-state index < -0.39 is 23.9 Å². The summed E-state index contributed by atoms with van der Waals surface area (Å²) in [5.41, 5.74) is 0.0996. The predicted octanol–water partition coefficient (Wildman–Crippen LogP) is 4.26. The Morgan fingerprint density at radius 2 is 1.84 bits per heavy atom. The lowest BCUT2D eigenvalue weighted by molar-refractivity contribution is -0.137. The zero-order valence-corrected chi connectivity index (χ0v) is 13.1. The van der Waals surface area contributed by atoms with E-state index in [1.54, 1.807) is 24.3 Å². The first-order valence-electron chi connectivity index (χ1n) is 7.48. The highest BCUT2D eigenvalue weighted by atomic mass is 19.4. The van der Waals surface area contributed by atoms with E-state index in [-0.39, 0.29) is 18.6 Å². The molecule has 132 valence electrons. The lowest BCUT2D eigenvalue weighted by atomic mass is 10.0. The number of amides is 1. The maximum absolute atomic E-state index is 12.8. The number of alkyl halides is 3. The summed E-state index contributed by atoms with van der Waals surface area (Å²) >= 11 is 0. The van der Waals surface area contributed by atoms with Crippen LogP contribution in [0.15, 0.2) is 54.6 Å². The molecule has 1 N–H and O–H groups in total. The Balaban J connectivity index is 2.05. The normalized spacial score (nSPS) is 12.3. The molecule has 2 rings (SSSR count). The van der Waals surface area contributed by atoms with Gasteiger partial charge in [-0.15, -0.1) is 0 Å². The molecule has 7 heteroatoms. The molecule has 1 amide bonds. The molecule has 4 nitrogen and oxygen atoms in total. The van der Waals surface area contributed by atoms with Crippen molar-refractivity contribution in [3.8, 4) is 0 Å². The molecule has 0 spiro atoms. The molecule has 0 saturated carbocycles.